The molecule has 1 rings (SSSR count). The third-order valence-corrected chi connectivity index (χ3v) is 3.40. The number of ketones is 1. The van der Waals surface area contributed by atoms with Crippen LogP contribution in [0.15, 0.2) is 5.70 Å². The first kappa shape index (κ1) is 19.5. The van der Waals surface area contributed by atoms with Gasteiger partial charge in [0.05, 0.1) is 32.6 Å². The van der Waals surface area contributed by atoms with Crippen LogP contribution in [0, 0.1) is 6.57 Å². The fourth-order valence-corrected chi connectivity index (χ4v) is 2.34. The second-order valence-corrected chi connectivity index (χ2v) is 4.94. The quantitative estimate of drug-likeness (QED) is 0.268. The summed E-state index contributed by atoms with van der Waals surface area (Å²) in [6.45, 7) is 10.2. The Bertz CT molecular complexity index is 728. The number of nitrogens with one attached hydrogen (secondary N) is 1. The summed E-state index contributed by atoms with van der Waals surface area (Å²) in [5.41, 5.74) is 0.994. The summed E-state index contributed by atoms with van der Waals surface area (Å²) in [7, 11) is 1.23. The highest BCUT2D eigenvalue weighted by Crippen LogP contribution is 2.25. The number of rotatable bonds is 7. The summed E-state index contributed by atoms with van der Waals surface area (Å²) in [5.74, 6) is -1.64. The highest BCUT2D eigenvalue weighted by atomic mass is 35.5. The maximum absolute atomic E-state index is 11.9. The van der Waals surface area contributed by atoms with E-state index in [1.807, 2.05) is 0 Å². The van der Waals surface area contributed by atoms with E-state index in [0.717, 1.165) is 0 Å². The minimum absolute atomic E-state index is 0.00365. The molecule has 0 aromatic carbocycles. The number of methoxy groups -OCH3 is 1. The number of esters is 2. The summed E-state index contributed by atoms with van der Waals surface area (Å²) in [6, 6.07) is 0. The molecular weight excluding hydrogens is 336 g/mol. The molecule has 0 spiro atoms. The van der Waals surface area contributed by atoms with Crippen LogP contribution in [0.1, 0.15) is 41.2 Å². The SMILES string of the molecule is [C-]#[N+]/C(=C\c1[nH]c(CCl)c(C(C)=O)c1CC(=O)OC)C(=O)OCC. The molecule has 24 heavy (non-hydrogen) atoms. The van der Waals surface area contributed by atoms with Gasteiger partial charge >= 0.3 is 11.9 Å². The van der Waals surface area contributed by atoms with Crippen LogP contribution in [0.5, 0.6) is 0 Å². The van der Waals surface area contributed by atoms with E-state index in [0.29, 0.717) is 11.3 Å². The van der Waals surface area contributed by atoms with Gasteiger partial charge in [0.2, 0.25) is 0 Å². The number of carbonyl (C=O) groups is 3. The van der Waals surface area contributed by atoms with Crippen molar-refractivity contribution in [3.63, 3.8) is 0 Å². The molecule has 0 atom stereocenters. The summed E-state index contributed by atoms with van der Waals surface area (Å²) in [4.78, 5) is 41.3. The van der Waals surface area contributed by atoms with Crippen molar-refractivity contribution in [2.45, 2.75) is 26.1 Å². The molecular formula is C16H17ClN2O5. The molecule has 1 N–H and O–H groups in total. The average molecular weight is 353 g/mol. The number of alkyl halides is 1. The van der Waals surface area contributed by atoms with Gasteiger partial charge in [-0.2, -0.15) is 0 Å². The number of aromatic amines is 1. The Morgan fingerprint density at radius 1 is 1.38 bits per heavy atom. The summed E-state index contributed by atoms with van der Waals surface area (Å²) < 4.78 is 9.43. The largest absolute Gasteiger partial charge is 0.471 e. The zero-order valence-electron chi connectivity index (χ0n) is 13.6. The molecule has 0 aliphatic carbocycles. The van der Waals surface area contributed by atoms with Gasteiger partial charge in [-0.15, -0.1) is 11.6 Å². The molecule has 0 aliphatic heterocycles. The van der Waals surface area contributed by atoms with Crippen LogP contribution in [0.3, 0.4) is 0 Å². The molecule has 7 nitrogen and oxygen atoms in total. The zero-order chi connectivity index (χ0) is 18.3. The molecule has 0 fully saturated rings. The first-order chi connectivity index (χ1) is 11.4. The third kappa shape index (κ3) is 4.46. The molecule has 0 amide bonds. The van der Waals surface area contributed by atoms with Crippen LogP contribution >= 0.6 is 11.6 Å². The Labute approximate surface area is 144 Å². The standard InChI is InChI=1S/C16H17ClN2O5/c1-5-24-16(22)12(18-3)7-11-10(6-14(21)23-4)15(9(2)20)13(8-17)19-11/h7,19H,5-6,8H2,1-2,4H3/b12-7-. The lowest BCUT2D eigenvalue weighted by Crippen LogP contribution is -2.09. The van der Waals surface area contributed by atoms with Gasteiger partial charge in [-0.05, 0) is 25.5 Å². The lowest BCUT2D eigenvalue weighted by molar-refractivity contribution is -0.140. The smallest absolute Gasteiger partial charge is 0.336 e. The van der Waals surface area contributed by atoms with Gasteiger partial charge in [0.25, 0.3) is 5.70 Å². The van der Waals surface area contributed by atoms with Crippen LogP contribution < -0.4 is 0 Å². The van der Waals surface area contributed by atoms with Crippen molar-refractivity contribution >= 4 is 35.4 Å². The molecule has 8 heteroatoms. The zero-order valence-corrected chi connectivity index (χ0v) is 14.3. The minimum atomic E-state index is -0.789. The molecule has 128 valence electrons. The van der Waals surface area contributed by atoms with Gasteiger partial charge in [-0.3, -0.25) is 14.4 Å². The summed E-state index contributed by atoms with van der Waals surface area (Å²) in [5, 5.41) is 0. The Hall–Kier alpha value is -2.59. The predicted octanol–water partition coefficient (Wildman–Crippen LogP) is 2.49. The van der Waals surface area contributed by atoms with E-state index >= 15 is 0 Å². The topological polar surface area (TPSA) is 89.8 Å². The van der Waals surface area contributed by atoms with Gasteiger partial charge < -0.3 is 14.5 Å². The number of nitrogens with zero attached hydrogens (tertiary/aromatic N) is 1. The van der Waals surface area contributed by atoms with E-state index in [2.05, 4.69) is 14.6 Å². The molecule has 1 heterocycles. The second kappa shape index (κ2) is 8.89. The molecule has 1 aromatic rings. The Kier molecular flexibility index (Phi) is 7.21. The molecule has 0 aliphatic rings. The highest BCUT2D eigenvalue weighted by Gasteiger charge is 2.23. The van der Waals surface area contributed by atoms with E-state index in [9.17, 15) is 14.4 Å². The van der Waals surface area contributed by atoms with Gasteiger partial charge in [0, 0.05) is 17.0 Å². The van der Waals surface area contributed by atoms with E-state index in [1.165, 1.54) is 20.1 Å². The number of carbonyl (C=O) groups excluding carboxylic acids is 3. The van der Waals surface area contributed by atoms with Gasteiger partial charge in [0.15, 0.2) is 5.78 Å². The van der Waals surface area contributed by atoms with Crippen molar-refractivity contribution in [2.75, 3.05) is 13.7 Å². The molecule has 0 radical (unpaired) electrons. The number of halogens is 1. The van der Waals surface area contributed by atoms with Crippen LogP contribution in [0.25, 0.3) is 10.9 Å². The van der Waals surface area contributed by atoms with Crippen molar-refractivity contribution in [2.24, 2.45) is 0 Å². The number of ether oxygens (including phenoxy) is 2. The second-order valence-electron chi connectivity index (χ2n) is 4.68. The van der Waals surface area contributed by atoms with E-state index in [4.69, 9.17) is 22.9 Å². The fourth-order valence-electron chi connectivity index (χ4n) is 2.14. The number of Topliss-reactive ketones (excluding diaryl/α,β-unsaturated/α-hetero) is 1. The van der Waals surface area contributed by atoms with E-state index in [1.54, 1.807) is 6.92 Å². The molecule has 0 unspecified atom stereocenters. The third-order valence-electron chi connectivity index (χ3n) is 3.13. The Morgan fingerprint density at radius 3 is 2.50 bits per heavy atom. The van der Waals surface area contributed by atoms with Crippen molar-refractivity contribution in [1.82, 2.24) is 4.98 Å². The maximum Gasteiger partial charge on any atom is 0.336 e. The van der Waals surface area contributed by atoms with Gasteiger partial charge in [-0.1, -0.05) is 0 Å². The summed E-state index contributed by atoms with van der Waals surface area (Å²) in [6.07, 6.45) is 1.05. The molecule has 0 bridgehead atoms. The first-order valence-electron chi connectivity index (χ1n) is 7.03. The minimum Gasteiger partial charge on any atom is -0.471 e. The van der Waals surface area contributed by atoms with E-state index in [-0.39, 0.29) is 41.6 Å². The monoisotopic (exact) mass is 352 g/mol. The molecule has 0 saturated carbocycles. The Morgan fingerprint density at radius 2 is 2.04 bits per heavy atom. The Balaban J connectivity index is 3.51. The average Bonchev–Trinajstić information content (AvgIpc) is 2.89. The first-order valence-corrected chi connectivity index (χ1v) is 7.56. The lowest BCUT2D eigenvalue weighted by atomic mass is 10.0. The van der Waals surface area contributed by atoms with Crippen molar-refractivity contribution in [1.29, 1.82) is 0 Å². The van der Waals surface area contributed by atoms with Crippen molar-refractivity contribution < 1.29 is 23.9 Å². The van der Waals surface area contributed by atoms with Crippen LogP contribution in [0.2, 0.25) is 0 Å². The lowest BCUT2D eigenvalue weighted by Gasteiger charge is -2.04. The normalized spacial score (nSPS) is 10.9. The number of hydrogen-bond donors (Lipinski definition) is 1. The molecule has 0 saturated heterocycles. The molecule has 1 aromatic heterocycles. The van der Waals surface area contributed by atoms with Crippen molar-refractivity contribution in [3.05, 3.63) is 39.6 Å². The highest BCUT2D eigenvalue weighted by molar-refractivity contribution is 6.17. The van der Waals surface area contributed by atoms with Gasteiger partial charge in [0.1, 0.15) is 0 Å². The van der Waals surface area contributed by atoms with Crippen LogP contribution in [-0.2, 0) is 31.4 Å². The van der Waals surface area contributed by atoms with E-state index < -0.39 is 11.9 Å². The van der Waals surface area contributed by atoms with Gasteiger partial charge in [-0.25, -0.2) is 4.85 Å². The number of hydrogen-bond acceptors (Lipinski definition) is 5. The van der Waals surface area contributed by atoms with Crippen LogP contribution in [-0.4, -0.2) is 36.4 Å². The maximum atomic E-state index is 11.9. The summed E-state index contributed by atoms with van der Waals surface area (Å²) >= 11 is 5.84. The number of aromatic nitrogens is 1. The fraction of sp³-hybridized carbons (Fsp3) is 0.375. The predicted molar refractivity (Wildman–Crippen MR) is 87.3 cm³/mol. The van der Waals surface area contributed by atoms with Crippen LogP contribution in [0.4, 0.5) is 0 Å². The van der Waals surface area contributed by atoms with Crippen molar-refractivity contribution in [3.8, 4) is 0 Å². The number of H-pyrrole nitrogens is 1.